The summed E-state index contributed by atoms with van der Waals surface area (Å²) < 4.78 is 27.2. The summed E-state index contributed by atoms with van der Waals surface area (Å²) >= 11 is 0. The quantitative estimate of drug-likeness (QED) is 0.708. The van der Waals surface area contributed by atoms with E-state index in [2.05, 4.69) is 9.71 Å². The van der Waals surface area contributed by atoms with Crippen molar-refractivity contribution in [3.05, 3.63) is 56.9 Å². The molecule has 10 heteroatoms. The van der Waals surface area contributed by atoms with Crippen molar-refractivity contribution in [1.29, 1.82) is 0 Å². The first-order chi connectivity index (χ1) is 11.9. The van der Waals surface area contributed by atoms with Crippen molar-refractivity contribution in [2.45, 2.75) is 17.7 Å². The van der Waals surface area contributed by atoms with E-state index in [1.165, 1.54) is 12.1 Å². The molecule has 0 aliphatic carbocycles. The lowest BCUT2D eigenvalue weighted by Gasteiger charge is -2.18. The molecular formula is C15H16N4O5S. The van der Waals surface area contributed by atoms with Gasteiger partial charge in [-0.05, 0) is 25.0 Å². The van der Waals surface area contributed by atoms with E-state index in [0.717, 1.165) is 19.0 Å². The standard InChI is InChI=1S/C15H16N4O5S/c20-13-12(9-16-15(22)17-13)25(23,24)18-11-6-2-1-5-10(11)14(21)19-7-3-4-8-19/h1-2,5-6,9,18H,3-4,7-8H2,(H2,16,17,20,22). The van der Waals surface area contributed by atoms with Crippen LogP contribution in [0.25, 0.3) is 0 Å². The number of H-pyrrole nitrogens is 2. The van der Waals surface area contributed by atoms with Crippen LogP contribution < -0.4 is 16.0 Å². The van der Waals surface area contributed by atoms with Gasteiger partial charge in [-0.2, -0.15) is 0 Å². The lowest BCUT2D eigenvalue weighted by Crippen LogP contribution is -2.31. The molecule has 0 unspecified atom stereocenters. The van der Waals surface area contributed by atoms with Crippen molar-refractivity contribution in [2.24, 2.45) is 0 Å². The van der Waals surface area contributed by atoms with Crippen LogP contribution in [0.2, 0.25) is 0 Å². The third kappa shape index (κ3) is 3.48. The van der Waals surface area contributed by atoms with E-state index < -0.39 is 26.2 Å². The molecule has 1 amide bonds. The van der Waals surface area contributed by atoms with Gasteiger partial charge >= 0.3 is 5.69 Å². The number of nitrogens with one attached hydrogen (secondary N) is 3. The molecule has 1 aromatic carbocycles. The van der Waals surface area contributed by atoms with E-state index in [4.69, 9.17) is 0 Å². The Hall–Kier alpha value is -2.88. The number of aromatic amines is 2. The van der Waals surface area contributed by atoms with Gasteiger partial charge in [0.25, 0.3) is 21.5 Å². The maximum atomic E-state index is 12.6. The van der Waals surface area contributed by atoms with Crippen molar-refractivity contribution >= 4 is 21.6 Å². The van der Waals surface area contributed by atoms with Gasteiger partial charge in [0.1, 0.15) is 0 Å². The summed E-state index contributed by atoms with van der Waals surface area (Å²) in [6.07, 6.45) is 2.63. The number of hydrogen-bond acceptors (Lipinski definition) is 5. The summed E-state index contributed by atoms with van der Waals surface area (Å²) in [4.78, 5) is 40.3. The van der Waals surface area contributed by atoms with Crippen molar-refractivity contribution in [3.63, 3.8) is 0 Å². The smallest absolute Gasteiger partial charge is 0.325 e. The zero-order chi connectivity index (χ0) is 18.0. The molecule has 1 aliphatic heterocycles. The van der Waals surface area contributed by atoms with E-state index in [0.29, 0.717) is 13.1 Å². The molecule has 3 rings (SSSR count). The number of amides is 1. The maximum Gasteiger partial charge on any atom is 0.325 e. The van der Waals surface area contributed by atoms with Gasteiger partial charge in [-0.1, -0.05) is 12.1 Å². The van der Waals surface area contributed by atoms with Crippen LogP contribution in [0.15, 0.2) is 44.9 Å². The Kier molecular flexibility index (Phi) is 4.45. The van der Waals surface area contributed by atoms with Gasteiger partial charge in [-0.3, -0.25) is 19.3 Å². The molecule has 2 heterocycles. The third-order valence-electron chi connectivity index (χ3n) is 3.87. The van der Waals surface area contributed by atoms with Crippen molar-refractivity contribution in [2.75, 3.05) is 17.8 Å². The van der Waals surface area contributed by atoms with Crippen molar-refractivity contribution in [1.82, 2.24) is 14.9 Å². The molecule has 0 atom stereocenters. The largest absolute Gasteiger partial charge is 0.339 e. The maximum absolute atomic E-state index is 12.6. The average molecular weight is 364 g/mol. The van der Waals surface area contributed by atoms with E-state index >= 15 is 0 Å². The van der Waals surface area contributed by atoms with Crippen LogP contribution in [-0.2, 0) is 10.0 Å². The van der Waals surface area contributed by atoms with Crippen LogP contribution in [0, 0.1) is 0 Å². The molecule has 132 valence electrons. The van der Waals surface area contributed by atoms with Crippen LogP contribution in [0.1, 0.15) is 23.2 Å². The van der Waals surface area contributed by atoms with E-state index in [1.807, 2.05) is 4.98 Å². The highest BCUT2D eigenvalue weighted by molar-refractivity contribution is 7.92. The molecule has 2 aromatic rings. The lowest BCUT2D eigenvalue weighted by molar-refractivity contribution is 0.0794. The Balaban J connectivity index is 1.96. The predicted octanol–water partition coefficient (Wildman–Crippen LogP) is 0.1000. The van der Waals surface area contributed by atoms with E-state index in [-0.39, 0.29) is 17.2 Å². The molecule has 0 saturated carbocycles. The minimum Gasteiger partial charge on any atom is -0.339 e. The van der Waals surface area contributed by atoms with Crippen molar-refractivity contribution in [3.8, 4) is 0 Å². The number of hydrogen-bond donors (Lipinski definition) is 3. The second kappa shape index (κ2) is 6.55. The number of carbonyl (C=O) groups is 1. The number of anilines is 1. The zero-order valence-corrected chi connectivity index (χ0v) is 13.9. The summed E-state index contributed by atoms with van der Waals surface area (Å²) in [5.74, 6) is -0.272. The number of sulfonamides is 1. The molecule has 25 heavy (non-hydrogen) atoms. The Morgan fingerprint density at radius 1 is 1.12 bits per heavy atom. The van der Waals surface area contributed by atoms with Crippen LogP contribution in [0.3, 0.4) is 0 Å². The number of para-hydroxylation sites is 1. The van der Waals surface area contributed by atoms with Gasteiger partial charge in [0.2, 0.25) is 0 Å². The lowest BCUT2D eigenvalue weighted by atomic mass is 10.1. The molecular weight excluding hydrogens is 348 g/mol. The van der Waals surface area contributed by atoms with Crippen molar-refractivity contribution < 1.29 is 13.2 Å². The molecule has 1 aromatic heterocycles. The summed E-state index contributed by atoms with van der Waals surface area (Å²) in [5, 5.41) is 0. The first kappa shape index (κ1) is 17.0. The highest BCUT2D eigenvalue weighted by Crippen LogP contribution is 2.22. The fraction of sp³-hybridized carbons (Fsp3) is 0.267. The summed E-state index contributed by atoms with van der Waals surface area (Å²) in [6, 6.07) is 6.18. The predicted molar refractivity (Wildman–Crippen MR) is 90.1 cm³/mol. The second-order valence-corrected chi connectivity index (χ2v) is 7.24. The van der Waals surface area contributed by atoms with E-state index in [1.54, 1.807) is 17.0 Å². The minimum atomic E-state index is -4.27. The topological polar surface area (TPSA) is 132 Å². The monoisotopic (exact) mass is 364 g/mol. The van der Waals surface area contributed by atoms with Crippen LogP contribution in [0.5, 0.6) is 0 Å². The van der Waals surface area contributed by atoms with Crippen LogP contribution >= 0.6 is 0 Å². The Morgan fingerprint density at radius 3 is 2.48 bits per heavy atom. The zero-order valence-electron chi connectivity index (χ0n) is 13.1. The van der Waals surface area contributed by atoms with Crippen LogP contribution in [-0.4, -0.2) is 42.3 Å². The second-order valence-electron chi connectivity index (χ2n) is 5.59. The number of nitrogens with zero attached hydrogens (tertiary/aromatic N) is 1. The van der Waals surface area contributed by atoms with Gasteiger partial charge in [0.15, 0.2) is 4.90 Å². The highest BCUT2D eigenvalue weighted by atomic mass is 32.2. The van der Waals surface area contributed by atoms with Gasteiger partial charge in [-0.25, -0.2) is 13.2 Å². The summed E-state index contributed by atoms with van der Waals surface area (Å²) in [7, 11) is -4.27. The number of carbonyl (C=O) groups excluding carboxylic acids is 1. The Labute approximate surface area is 142 Å². The molecule has 1 saturated heterocycles. The first-order valence-corrected chi connectivity index (χ1v) is 9.10. The van der Waals surface area contributed by atoms with Gasteiger partial charge in [0, 0.05) is 19.3 Å². The molecule has 0 bridgehead atoms. The molecule has 3 N–H and O–H groups in total. The molecule has 0 spiro atoms. The summed E-state index contributed by atoms with van der Waals surface area (Å²) in [5.41, 5.74) is -1.58. The first-order valence-electron chi connectivity index (χ1n) is 7.61. The number of likely N-dealkylation sites (tertiary alicyclic amines) is 1. The van der Waals surface area contributed by atoms with Gasteiger partial charge in [0.05, 0.1) is 11.3 Å². The molecule has 9 nitrogen and oxygen atoms in total. The van der Waals surface area contributed by atoms with E-state index in [9.17, 15) is 22.8 Å². The SMILES string of the molecule is O=C(c1ccccc1NS(=O)(=O)c1c[nH]c(=O)[nH]c1=O)N1CCCC1. The number of aromatic nitrogens is 2. The summed E-state index contributed by atoms with van der Waals surface area (Å²) in [6.45, 7) is 1.25. The average Bonchev–Trinajstić information content (AvgIpc) is 3.08. The van der Waals surface area contributed by atoms with Gasteiger partial charge in [-0.15, -0.1) is 0 Å². The molecule has 0 radical (unpaired) electrons. The normalized spacial score (nSPS) is 14.5. The fourth-order valence-corrected chi connectivity index (χ4v) is 3.73. The minimum absolute atomic E-state index is 0.0741. The number of rotatable bonds is 4. The Bertz CT molecular complexity index is 1020. The van der Waals surface area contributed by atoms with Gasteiger partial charge < -0.3 is 9.88 Å². The van der Waals surface area contributed by atoms with Crippen LogP contribution in [0.4, 0.5) is 5.69 Å². The Morgan fingerprint density at radius 2 is 1.80 bits per heavy atom. The molecule has 1 aliphatic rings. The third-order valence-corrected chi connectivity index (χ3v) is 5.24. The number of benzene rings is 1. The molecule has 1 fully saturated rings. The fourth-order valence-electron chi connectivity index (χ4n) is 2.65. The highest BCUT2D eigenvalue weighted by Gasteiger charge is 2.25.